The van der Waals surface area contributed by atoms with Crippen LogP contribution in [-0.2, 0) is 14.8 Å². The molecule has 0 radical (unpaired) electrons. The number of halogens is 1. The van der Waals surface area contributed by atoms with Crippen molar-refractivity contribution >= 4 is 55.7 Å². The van der Waals surface area contributed by atoms with E-state index in [9.17, 15) is 17.6 Å². The number of benzene rings is 4. The van der Waals surface area contributed by atoms with Crippen molar-refractivity contribution in [1.29, 1.82) is 0 Å². The molecule has 4 aromatic carbocycles. The number of aromatic nitrogens is 2. The zero-order valence-electron chi connectivity index (χ0n) is 23.1. The maximum atomic E-state index is 14.7. The summed E-state index contributed by atoms with van der Waals surface area (Å²) in [5.41, 5.74) is 7.22. The Labute approximate surface area is 247 Å². The smallest absolute Gasteiger partial charge is 0.263 e. The van der Waals surface area contributed by atoms with Crippen molar-refractivity contribution in [3.63, 3.8) is 0 Å². The Balaban J connectivity index is 1.55. The van der Waals surface area contributed by atoms with Crippen LogP contribution in [0.5, 0.6) is 11.5 Å². The van der Waals surface area contributed by atoms with Crippen LogP contribution < -0.4 is 30.1 Å². The number of nitrogens with one attached hydrogen (secondary N) is 2. The molecular weight excluding hydrogens is 575 g/mol. The molecule has 0 spiro atoms. The average molecular weight is 603 g/mol. The van der Waals surface area contributed by atoms with Crippen LogP contribution in [0.1, 0.15) is 0 Å². The Hall–Kier alpha value is -5.43. The Morgan fingerprint density at radius 2 is 1.49 bits per heavy atom. The van der Waals surface area contributed by atoms with E-state index in [2.05, 4.69) is 20.0 Å². The van der Waals surface area contributed by atoms with Gasteiger partial charge in [-0.1, -0.05) is 30.3 Å². The second kappa shape index (κ2) is 12.2. The molecule has 11 nitrogen and oxygen atoms in total. The van der Waals surface area contributed by atoms with Crippen LogP contribution in [0.3, 0.4) is 0 Å². The molecule has 1 amide bonds. The van der Waals surface area contributed by atoms with Gasteiger partial charge < -0.3 is 25.4 Å². The quantitative estimate of drug-likeness (QED) is 0.191. The maximum Gasteiger partial charge on any atom is 0.263 e. The number of rotatable bonds is 11. The molecule has 5 rings (SSSR count). The summed E-state index contributed by atoms with van der Waals surface area (Å²) in [6, 6.07) is 23.6. The van der Waals surface area contributed by atoms with Crippen molar-refractivity contribution < 1.29 is 27.1 Å². The number of amides is 1. The van der Waals surface area contributed by atoms with E-state index in [0.29, 0.717) is 28.2 Å². The number of hydrogen-bond acceptors (Lipinski definition) is 9. The van der Waals surface area contributed by atoms with Crippen LogP contribution in [0.25, 0.3) is 11.0 Å². The molecule has 0 aliphatic heterocycles. The molecule has 4 N–H and O–H groups in total. The first-order valence-electron chi connectivity index (χ1n) is 12.9. The number of fused-ring (bicyclic) bond motifs is 1. The molecule has 13 heteroatoms. The van der Waals surface area contributed by atoms with Gasteiger partial charge in [0.15, 0.2) is 11.6 Å². The van der Waals surface area contributed by atoms with Crippen LogP contribution in [0.2, 0.25) is 0 Å². The second-order valence-electron chi connectivity index (χ2n) is 9.24. The van der Waals surface area contributed by atoms with E-state index in [1.807, 2.05) is 0 Å². The van der Waals surface area contributed by atoms with Crippen LogP contribution in [0, 0.1) is 5.82 Å². The molecule has 0 aliphatic carbocycles. The fourth-order valence-electron chi connectivity index (χ4n) is 4.32. The third-order valence-electron chi connectivity index (χ3n) is 6.31. The Kier molecular flexibility index (Phi) is 8.25. The van der Waals surface area contributed by atoms with Gasteiger partial charge in [-0.05, 0) is 42.5 Å². The van der Waals surface area contributed by atoms with E-state index in [-0.39, 0.29) is 34.5 Å². The highest BCUT2D eigenvalue weighted by Gasteiger charge is 2.22. The normalized spacial score (nSPS) is 11.1. The summed E-state index contributed by atoms with van der Waals surface area (Å²) < 4.78 is 55.3. The summed E-state index contributed by atoms with van der Waals surface area (Å²) in [5.74, 6) is -0.281. The SMILES string of the molecule is COc1cc(Nc2nc3ccccc3nc2NS(=O)(=O)c2cccc(N(CC(N)=O)c3ccccc3F)c2)cc(OC)c1. The van der Waals surface area contributed by atoms with Gasteiger partial charge in [0, 0.05) is 29.6 Å². The number of carbonyl (C=O) groups is 1. The summed E-state index contributed by atoms with van der Waals surface area (Å²) in [6.45, 7) is -0.383. The largest absolute Gasteiger partial charge is 0.497 e. The molecule has 0 unspecified atom stereocenters. The van der Waals surface area contributed by atoms with Gasteiger partial charge in [0.2, 0.25) is 5.91 Å². The Bertz CT molecular complexity index is 1900. The number of sulfonamides is 1. The van der Waals surface area contributed by atoms with Crippen LogP contribution >= 0.6 is 0 Å². The van der Waals surface area contributed by atoms with Gasteiger partial charge in [0.25, 0.3) is 10.0 Å². The van der Waals surface area contributed by atoms with Gasteiger partial charge in [0.05, 0.1) is 35.8 Å². The number of nitrogens with zero attached hydrogens (tertiary/aromatic N) is 3. The molecule has 1 aromatic heterocycles. The minimum Gasteiger partial charge on any atom is -0.497 e. The predicted octanol–water partition coefficient (Wildman–Crippen LogP) is 4.95. The number of anilines is 5. The highest BCUT2D eigenvalue weighted by molar-refractivity contribution is 7.92. The van der Waals surface area contributed by atoms with Crippen molar-refractivity contribution in [1.82, 2.24) is 9.97 Å². The first-order chi connectivity index (χ1) is 20.7. The highest BCUT2D eigenvalue weighted by atomic mass is 32.2. The lowest BCUT2D eigenvalue weighted by molar-refractivity contribution is -0.116. The van der Waals surface area contributed by atoms with Crippen LogP contribution in [0.4, 0.5) is 33.1 Å². The minimum atomic E-state index is -4.28. The lowest BCUT2D eigenvalue weighted by atomic mass is 10.2. The molecule has 5 aromatic rings. The molecule has 0 saturated heterocycles. The van der Waals surface area contributed by atoms with Gasteiger partial charge in [-0.3, -0.25) is 9.52 Å². The summed E-state index contributed by atoms with van der Waals surface area (Å²) in [6.07, 6.45) is 0. The van der Waals surface area contributed by atoms with Crippen molar-refractivity contribution in [3.05, 3.63) is 96.8 Å². The number of hydrogen-bond donors (Lipinski definition) is 3. The van der Waals surface area contributed by atoms with Gasteiger partial charge in [-0.25, -0.2) is 22.8 Å². The van der Waals surface area contributed by atoms with Gasteiger partial charge in [0.1, 0.15) is 23.9 Å². The molecule has 0 aliphatic rings. The molecule has 0 bridgehead atoms. The Morgan fingerprint density at radius 1 is 0.860 bits per heavy atom. The topological polar surface area (TPSA) is 149 Å². The zero-order chi connectivity index (χ0) is 30.6. The molecule has 1 heterocycles. The first-order valence-corrected chi connectivity index (χ1v) is 14.4. The molecule has 0 atom stereocenters. The monoisotopic (exact) mass is 602 g/mol. The predicted molar refractivity (Wildman–Crippen MR) is 162 cm³/mol. The van der Waals surface area contributed by atoms with Crippen molar-refractivity contribution in [2.24, 2.45) is 5.73 Å². The number of primary amides is 1. The molecule has 43 heavy (non-hydrogen) atoms. The van der Waals surface area contributed by atoms with Crippen molar-refractivity contribution in [2.75, 3.05) is 35.7 Å². The number of para-hydroxylation sites is 3. The van der Waals surface area contributed by atoms with Gasteiger partial charge >= 0.3 is 0 Å². The van der Waals surface area contributed by atoms with E-state index < -0.39 is 21.7 Å². The minimum absolute atomic E-state index is 0.0596. The number of carbonyl (C=O) groups excluding carboxylic acids is 1. The standard InChI is InChI=1S/C30H27FN6O5S/c1-41-21-14-19(15-22(17-21)42-2)33-29-30(35-26-12-5-4-11-25(26)34-29)36-43(39,40)23-9-7-8-20(16-23)37(18-28(32)38)27-13-6-3-10-24(27)31/h3-17H,18H2,1-2H3,(H2,32,38)(H,33,34)(H,35,36). The molecule has 0 fully saturated rings. The highest BCUT2D eigenvalue weighted by Crippen LogP contribution is 2.33. The van der Waals surface area contributed by atoms with E-state index in [0.717, 1.165) is 0 Å². The van der Waals surface area contributed by atoms with Crippen LogP contribution in [0.15, 0.2) is 95.9 Å². The summed E-state index contributed by atoms with van der Waals surface area (Å²) in [4.78, 5) is 22.1. The lowest BCUT2D eigenvalue weighted by Crippen LogP contribution is -2.31. The van der Waals surface area contributed by atoms with E-state index in [1.165, 1.54) is 55.5 Å². The van der Waals surface area contributed by atoms with E-state index in [1.54, 1.807) is 54.6 Å². The van der Waals surface area contributed by atoms with E-state index >= 15 is 0 Å². The lowest BCUT2D eigenvalue weighted by Gasteiger charge is -2.24. The van der Waals surface area contributed by atoms with Crippen molar-refractivity contribution in [2.45, 2.75) is 4.90 Å². The summed E-state index contributed by atoms with van der Waals surface area (Å²) >= 11 is 0. The zero-order valence-corrected chi connectivity index (χ0v) is 23.9. The van der Waals surface area contributed by atoms with E-state index in [4.69, 9.17) is 15.2 Å². The first kappa shape index (κ1) is 29.1. The number of methoxy groups -OCH3 is 2. The molecular formula is C30H27FN6O5S. The average Bonchev–Trinajstić information content (AvgIpc) is 3.00. The maximum absolute atomic E-state index is 14.7. The van der Waals surface area contributed by atoms with Crippen molar-refractivity contribution in [3.8, 4) is 11.5 Å². The molecule has 0 saturated carbocycles. The fourth-order valence-corrected chi connectivity index (χ4v) is 5.37. The van der Waals surface area contributed by atoms with Gasteiger partial charge in [-0.15, -0.1) is 0 Å². The summed E-state index contributed by atoms with van der Waals surface area (Å²) in [5, 5.41) is 3.11. The third kappa shape index (κ3) is 6.57. The number of nitrogens with two attached hydrogens (primary N) is 1. The summed E-state index contributed by atoms with van der Waals surface area (Å²) in [7, 11) is -1.25. The molecule has 220 valence electrons. The van der Waals surface area contributed by atoms with Gasteiger partial charge in [-0.2, -0.15) is 0 Å². The second-order valence-corrected chi connectivity index (χ2v) is 10.9. The fraction of sp³-hybridized carbons (Fsp3) is 0.100. The number of ether oxygens (including phenoxy) is 2. The Morgan fingerprint density at radius 3 is 2.12 bits per heavy atom. The van der Waals surface area contributed by atoms with Crippen LogP contribution in [-0.4, -0.2) is 45.1 Å². The third-order valence-corrected chi connectivity index (χ3v) is 7.65.